The monoisotopic (exact) mass is 371 g/mol. The number of nitrogens with two attached hydrogens (primary N) is 1. The average molecular weight is 371 g/mol. The van der Waals surface area contributed by atoms with Crippen LogP contribution in [0.4, 0.5) is 11.5 Å². The molecule has 1 saturated carbocycles. The quantitative estimate of drug-likeness (QED) is 0.531. The molecule has 0 radical (unpaired) electrons. The van der Waals surface area contributed by atoms with Gasteiger partial charge in [-0.3, -0.25) is 4.57 Å². The molecule has 4 aromatic rings. The summed E-state index contributed by atoms with van der Waals surface area (Å²) in [6.45, 7) is 0. The molecule has 1 aromatic carbocycles. The third-order valence-electron chi connectivity index (χ3n) is 5.05. The van der Waals surface area contributed by atoms with Crippen molar-refractivity contribution < 1.29 is 4.74 Å². The van der Waals surface area contributed by atoms with Gasteiger partial charge < -0.3 is 15.8 Å². The van der Waals surface area contributed by atoms with Gasteiger partial charge in [0, 0.05) is 29.9 Å². The van der Waals surface area contributed by atoms with E-state index in [1.165, 1.54) is 18.5 Å². The SMILES string of the molecule is CNc1cc(Oc2cnc3c(c2)cc(C2CC2)n3-c2ccccc2)cnc1N. The van der Waals surface area contributed by atoms with Crippen LogP contribution in [0.1, 0.15) is 24.5 Å². The number of ether oxygens (including phenoxy) is 1. The van der Waals surface area contributed by atoms with Crippen LogP contribution in [0.15, 0.2) is 60.9 Å². The van der Waals surface area contributed by atoms with Crippen LogP contribution in [0.3, 0.4) is 0 Å². The first kappa shape index (κ1) is 16.6. The molecule has 0 unspecified atom stereocenters. The molecular weight excluding hydrogens is 350 g/mol. The third kappa shape index (κ3) is 2.93. The highest BCUT2D eigenvalue weighted by Crippen LogP contribution is 2.43. The number of hydrogen-bond acceptors (Lipinski definition) is 5. The molecule has 0 atom stereocenters. The number of nitrogens with zero attached hydrogens (tertiary/aromatic N) is 3. The summed E-state index contributed by atoms with van der Waals surface area (Å²) in [5.74, 6) is 2.34. The molecule has 28 heavy (non-hydrogen) atoms. The number of hydrogen-bond donors (Lipinski definition) is 2. The van der Waals surface area contributed by atoms with Gasteiger partial charge in [0.1, 0.15) is 23.0 Å². The van der Waals surface area contributed by atoms with Crippen LogP contribution in [0, 0.1) is 0 Å². The number of para-hydroxylation sites is 1. The Morgan fingerprint density at radius 1 is 1.04 bits per heavy atom. The molecule has 6 heteroatoms. The molecule has 0 saturated heterocycles. The van der Waals surface area contributed by atoms with E-state index in [-0.39, 0.29) is 0 Å². The maximum atomic E-state index is 5.99. The van der Waals surface area contributed by atoms with Crippen molar-refractivity contribution in [1.29, 1.82) is 0 Å². The van der Waals surface area contributed by atoms with Crippen molar-refractivity contribution in [2.24, 2.45) is 0 Å². The van der Waals surface area contributed by atoms with Crippen LogP contribution in [0.2, 0.25) is 0 Å². The fourth-order valence-corrected chi connectivity index (χ4v) is 3.53. The Kier molecular flexibility index (Phi) is 3.90. The molecule has 3 heterocycles. The molecule has 3 aromatic heterocycles. The predicted molar refractivity (Wildman–Crippen MR) is 111 cm³/mol. The molecule has 5 rings (SSSR count). The Morgan fingerprint density at radius 2 is 1.79 bits per heavy atom. The fourth-order valence-electron chi connectivity index (χ4n) is 3.53. The average Bonchev–Trinajstić information content (AvgIpc) is 3.50. The van der Waals surface area contributed by atoms with Crippen molar-refractivity contribution in [3.05, 3.63) is 66.6 Å². The molecular formula is C22H21N5O. The van der Waals surface area contributed by atoms with E-state index >= 15 is 0 Å². The molecule has 0 spiro atoms. The van der Waals surface area contributed by atoms with Gasteiger partial charge in [-0.05, 0) is 43.0 Å². The Morgan fingerprint density at radius 3 is 2.54 bits per heavy atom. The van der Waals surface area contributed by atoms with Crippen LogP contribution in [-0.2, 0) is 0 Å². The summed E-state index contributed by atoms with van der Waals surface area (Å²) < 4.78 is 8.25. The Balaban J connectivity index is 1.55. The predicted octanol–water partition coefficient (Wildman–Crippen LogP) is 4.71. The van der Waals surface area contributed by atoms with Gasteiger partial charge in [0.2, 0.25) is 0 Å². The smallest absolute Gasteiger partial charge is 0.148 e. The lowest BCUT2D eigenvalue weighted by Gasteiger charge is -2.10. The molecule has 0 aliphatic heterocycles. The van der Waals surface area contributed by atoms with E-state index in [4.69, 9.17) is 15.5 Å². The van der Waals surface area contributed by atoms with E-state index in [1.807, 2.05) is 18.2 Å². The summed E-state index contributed by atoms with van der Waals surface area (Å²) in [7, 11) is 1.80. The van der Waals surface area contributed by atoms with Gasteiger partial charge in [-0.1, -0.05) is 18.2 Å². The maximum Gasteiger partial charge on any atom is 0.148 e. The number of fused-ring (bicyclic) bond motifs is 1. The van der Waals surface area contributed by atoms with Gasteiger partial charge in [0.25, 0.3) is 0 Å². The van der Waals surface area contributed by atoms with E-state index in [1.54, 1.807) is 19.4 Å². The summed E-state index contributed by atoms with van der Waals surface area (Å²) in [5.41, 5.74) is 9.97. The second kappa shape index (κ2) is 6.56. The molecule has 3 N–H and O–H groups in total. The summed E-state index contributed by atoms with van der Waals surface area (Å²) in [5, 5.41) is 4.08. The van der Waals surface area contributed by atoms with Crippen LogP contribution < -0.4 is 15.8 Å². The van der Waals surface area contributed by atoms with Crippen molar-refractivity contribution in [2.45, 2.75) is 18.8 Å². The Bertz CT molecular complexity index is 1150. The summed E-state index contributed by atoms with van der Waals surface area (Å²) in [6, 6.07) is 16.5. The first-order chi connectivity index (χ1) is 13.7. The summed E-state index contributed by atoms with van der Waals surface area (Å²) >= 11 is 0. The van der Waals surface area contributed by atoms with Gasteiger partial charge in [-0.2, -0.15) is 0 Å². The topological polar surface area (TPSA) is 78.0 Å². The standard InChI is InChI=1S/C22H21N5O/c1-24-19-11-18(12-25-21(19)23)28-17-9-15-10-20(14-7-8-14)27(22(15)26-13-17)16-5-3-2-4-6-16/h2-6,9-14,24H,7-8H2,1H3,(H2,23,25). The largest absolute Gasteiger partial charge is 0.454 e. The molecule has 0 bridgehead atoms. The van der Waals surface area contributed by atoms with Gasteiger partial charge >= 0.3 is 0 Å². The highest BCUT2D eigenvalue weighted by molar-refractivity contribution is 5.81. The van der Waals surface area contributed by atoms with E-state index in [2.05, 4.69) is 45.2 Å². The van der Waals surface area contributed by atoms with Crippen molar-refractivity contribution in [1.82, 2.24) is 14.5 Å². The molecule has 6 nitrogen and oxygen atoms in total. The minimum Gasteiger partial charge on any atom is -0.454 e. The number of rotatable bonds is 5. The van der Waals surface area contributed by atoms with Crippen molar-refractivity contribution >= 4 is 22.5 Å². The first-order valence-corrected chi connectivity index (χ1v) is 9.41. The molecule has 140 valence electrons. The number of nitrogens with one attached hydrogen (secondary N) is 1. The summed E-state index contributed by atoms with van der Waals surface area (Å²) in [6.07, 6.45) is 5.84. The lowest BCUT2D eigenvalue weighted by Crippen LogP contribution is -2.00. The van der Waals surface area contributed by atoms with E-state index in [0.29, 0.717) is 23.2 Å². The first-order valence-electron chi connectivity index (χ1n) is 9.41. The maximum absolute atomic E-state index is 5.99. The minimum absolute atomic E-state index is 0.442. The highest BCUT2D eigenvalue weighted by Gasteiger charge is 2.28. The van der Waals surface area contributed by atoms with E-state index in [9.17, 15) is 0 Å². The zero-order chi connectivity index (χ0) is 19.1. The lowest BCUT2D eigenvalue weighted by molar-refractivity contribution is 0.479. The second-order valence-corrected chi connectivity index (χ2v) is 7.05. The zero-order valence-electron chi connectivity index (χ0n) is 15.6. The van der Waals surface area contributed by atoms with Crippen LogP contribution in [0.5, 0.6) is 11.5 Å². The third-order valence-corrected chi connectivity index (χ3v) is 5.05. The minimum atomic E-state index is 0.442. The number of aromatic nitrogens is 3. The highest BCUT2D eigenvalue weighted by atomic mass is 16.5. The summed E-state index contributed by atoms with van der Waals surface area (Å²) in [4.78, 5) is 8.89. The number of benzene rings is 1. The molecule has 1 aliphatic rings. The zero-order valence-corrected chi connectivity index (χ0v) is 15.6. The number of pyridine rings is 2. The van der Waals surface area contributed by atoms with Gasteiger partial charge in [-0.25, -0.2) is 9.97 Å². The van der Waals surface area contributed by atoms with Gasteiger partial charge in [-0.15, -0.1) is 0 Å². The molecule has 1 aliphatic carbocycles. The van der Waals surface area contributed by atoms with Crippen LogP contribution in [-0.4, -0.2) is 21.6 Å². The number of anilines is 2. The van der Waals surface area contributed by atoms with Crippen molar-refractivity contribution in [3.63, 3.8) is 0 Å². The van der Waals surface area contributed by atoms with Gasteiger partial charge in [0.05, 0.1) is 18.1 Å². The Labute approximate surface area is 163 Å². The molecule has 1 fully saturated rings. The number of nitrogen functional groups attached to an aromatic ring is 1. The van der Waals surface area contributed by atoms with E-state index in [0.717, 1.165) is 22.4 Å². The Hall–Kier alpha value is -3.54. The fraction of sp³-hybridized carbons (Fsp3) is 0.182. The van der Waals surface area contributed by atoms with E-state index < -0.39 is 0 Å². The van der Waals surface area contributed by atoms with Gasteiger partial charge in [0.15, 0.2) is 0 Å². The lowest BCUT2D eigenvalue weighted by atomic mass is 10.2. The molecule has 0 amide bonds. The van der Waals surface area contributed by atoms with Crippen LogP contribution >= 0.6 is 0 Å². The second-order valence-electron chi connectivity index (χ2n) is 7.05. The normalized spacial score (nSPS) is 13.6. The van der Waals surface area contributed by atoms with Crippen molar-refractivity contribution in [3.8, 4) is 17.2 Å². The van der Waals surface area contributed by atoms with Crippen molar-refractivity contribution in [2.75, 3.05) is 18.1 Å². The van der Waals surface area contributed by atoms with Crippen LogP contribution in [0.25, 0.3) is 16.7 Å².